The Morgan fingerprint density at radius 3 is 2.54 bits per heavy atom. The summed E-state index contributed by atoms with van der Waals surface area (Å²) in [6, 6.07) is 7.80. The van der Waals surface area contributed by atoms with Gasteiger partial charge in [-0.15, -0.1) is 0 Å². The lowest BCUT2D eigenvalue weighted by Gasteiger charge is -2.10. The van der Waals surface area contributed by atoms with Crippen LogP contribution in [0.2, 0.25) is 0 Å². The van der Waals surface area contributed by atoms with Gasteiger partial charge in [0.15, 0.2) is 16.9 Å². The van der Waals surface area contributed by atoms with E-state index in [0.717, 1.165) is 12.1 Å². The van der Waals surface area contributed by atoms with Crippen LogP contribution in [0.5, 0.6) is 17.2 Å². The van der Waals surface area contributed by atoms with E-state index in [1.165, 1.54) is 24.3 Å². The Labute approximate surface area is 147 Å². The van der Waals surface area contributed by atoms with E-state index in [-0.39, 0.29) is 35.5 Å². The fraction of sp³-hybridized carbons (Fsp3) is 0.158. The third-order valence-corrected chi connectivity index (χ3v) is 3.82. The lowest BCUT2D eigenvalue weighted by atomic mass is 10.0. The van der Waals surface area contributed by atoms with Crippen molar-refractivity contribution in [3.05, 3.63) is 52.2 Å². The Balaban J connectivity index is 2.16. The number of fused-ring (bicyclic) bond motifs is 1. The van der Waals surface area contributed by atoms with Crippen molar-refractivity contribution in [3.8, 4) is 28.6 Å². The van der Waals surface area contributed by atoms with E-state index in [0.29, 0.717) is 11.1 Å². The number of hydrogen-bond acceptors (Lipinski definition) is 7. The van der Waals surface area contributed by atoms with Gasteiger partial charge in [-0.2, -0.15) is 0 Å². The molecule has 7 nitrogen and oxygen atoms in total. The van der Waals surface area contributed by atoms with Crippen molar-refractivity contribution >= 4 is 16.9 Å². The Morgan fingerprint density at radius 1 is 1.08 bits per heavy atom. The number of phenolic OH excluding ortho intramolecular Hbond substituents is 3. The highest BCUT2D eigenvalue weighted by Crippen LogP contribution is 2.33. The van der Waals surface area contributed by atoms with Gasteiger partial charge in [-0.05, 0) is 36.8 Å². The van der Waals surface area contributed by atoms with Gasteiger partial charge in [0, 0.05) is 17.7 Å². The average Bonchev–Trinajstić information content (AvgIpc) is 2.57. The maximum absolute atomic E-state index is 12.3. The molecular formula is C19H16O7. The number of aromatic hydroxyl groups is 3. The largest absolute Gasteiger partial charge is 0.508 e. The van der Waals surface area contributed by atoms with Crippen molar-refractivity contribution < 1.29 is 29.3 Å². The molecule has 0 saturated heterocycles. The summed E-state index contributed by atoms with van der Waals surface area (Å²) in [7, 11) is 0. The number of benzene rings is 2. The summed E-state index contributed by atoms with van der Waals surface area (Å²) in [5.41, 5.74) is 0.515. The third kappa shape index (κ3) is 3.32. The van der Waals surface area contributed by atoms with Crippen LogP contribution in [0.15, 0.2) is 45.6 Å². The molecular weight excluding hydrogens is 340 g/mol. The number of carbonyl (C=O) groups is 1. The monoisotopic (exact) mass is 356 g/mol. The second-order valence-electron chi connectivity index (χ2n) is 5.64. The summed E-state index contributed by atoms with van der Waals surface area (Å²) < 4.78 is 10.6. The highest BCUT2D eigenvalue weighted by molar-refractivity contribution is 5.83. The van der Waals surface area contributed by atoms with E-state index in [4.69, 9.17) is 9.15 Å². The summed E-state index contributed by atoms with van der Waals surface area (Å²) in [4.78, 5) is 24.2. The molecule has 1 heterocycles. The van der Waals surface area contributed by atoms with Crippen molar-refractivity contribution in [1.29, 1.82) is 0 Å². The van der Waals surface area contributed by atoms with Gasteiger partial charge in [-0.25, -0.2) is 0 Å². The zero-order valence-corrected chi connectivity index (χ0v) is 13.9. The van der Waals surface area contributed by atoms with Crippen LogP contribution in [0, 0.1) is 0 Å². The number of esters is 1. The molecule has 0 aliphatic rings. The predicted molar refractivity (Wildman–Crippen MR) is 93.3 cm³/mol. The minimum Gasteiger partial charge on any atom is -0.508 e. The molecule has 3 aromatic rings. The molecule has 0 radical (unpaired) electrons. The van der Waals surface area contributed by atoms with E-state index in [1.54, 1.807) is 6.92 Å². The maximum Gasteiger partial charge on any atom is 0.310 e. The Bertz CT molecular complexity index is 1050. The second-order valence-corrected chi connectivity index (χ2v) is 5.64. The van der Waals surface area contributed by atoms with Crippen LogP contribution < -0.4 is 5.43 Å². The molecule has 7 heteroatoms. The molecule has 134 valence electrons. The molecule has 2 aromatic carbocycles. The fourth-order valence-corrected chi connectivity index (χ4v) is 2.65. The molecule has 0 bridgehead atoms. The van der Waals surface area contributed by atoms with Crippen LogP contribution in [0.1, 0.15) is 12.5 Å². The topological polar surface area (TPSA) is 117 Å². The van der Waals surface area contributed by atoms with Crippen LogP contribution in [0.25, 0.3) is 22.3 Å². The first-order chi connectivity index (χ1) is 12.4. The van der Waals surface area contributed by atoms with Gasteiger partial charge < -0.3 is 24.5 Å². The first-order valence-electron chi connectivity index (χ1n) is 7.86. The summed E-state index contributed by atoms with van der Waals surface area (Å²) in [5.74, 6) is -1.21. The van der Waals surface area contributed by atoms with Crippen LogP contribution in [-0.4, -0.2) is 27.9 Å². The standard InChI is InChI=1S/C19H16O7/c1-2-25-19(24)6-10-5-11(20)3-4-12(10)17-8-14(21)13-7-15(22)16(23)9-18(13)26-17/h3-5,7-9,20,22-23H,2,6H2,1H3. The number of ether oxygens (including phenoxy) is 1. The van der Waals surface area contributed by atoms with Crippen molar-refractivity contribution in [3.63, 3.8) is 0 Å². The van der Waals surface area contributed by atoms with Crippen molar-refractivity contribution in [2.75, 3.05) is 6.61 Å². The van der Waals surface area contributed by atoms with Crippen molar-refractivity contribution in [2.45, 2.75) is 13.3 Å². The third-order valence-electron chi connectivity index (χ3n) is 3.82. The number of phenols is 3. The van der Waals surface area contributed by atoms with Crippen LogP contribution in [0.4, 0.5) is 0 Å². The van der Waals surface area contributed by atoms with Gasteiger partial charge in [0.25, 0.3) is 0 Å². The lowest BCUT2D eigenvalue weighted by molar-refractivity contribution is -0.142. The zero-order valence-electron chi connectivity index (χ0n) is 13.9. The van der Waals surface area contributed by atoms with Gasteiger partial charge in [-0.1, -0.05) is 0 Å². The lowest BCUT2D eigenvalue weighted by Crippen LogP contribution is -2.09. The van der Waals surface area contributed by atoms with Gasteiger partial charge in [-0.3, -0.25) is 9.59 Å². The molecule has 0 unspecified atom stereocenters. The molecule has 0 saturated carbocycles. The van der Waals surface area contributed by atoms with Gasteiger partial charge >= 0.3 is 5.97 Å². The van der Waals surface area contributed by atoms with Crippen LogP contribution in [-0.2, 0) is 16.0 Å². The van der Waals surface area contributed by atoms with Crippen molar-refractivity contribution in [1.82, 2.24) is 0 Å². The highest BCUT2D eigenvalue weighted by atomic mass is 16.5. The van der Waals surface area contributed by atoms with E-state index in [1.807, 2.05) is 0 Å². The quantitative estimate of drug-likeness (QED) is 0.486. The smallest absolute Gasteiger partial charge is 0.310 e. The van der Waals surface area contributed by atoms with E-state index >= 15 is 0 Å². The first kappa shape index (κ1) is 17.3. The summed E-state index contributed by atoms with van der Waals surface area (Å²) >= 11 is 0. The molecule has 1 aromatic heterocycles. The summed E-state index contributed by atoms with van der Waals surface area (Å²) in [6.45, 7) is 1.91. The number of carbonyl (C=O) groups excluding carboxylic acids is 1. The van der Waals surface area contributed by atoms with E-state index < -0.39 is 22.9 Å². The van der Waals surface area contributed by atoms with Crippen molar-refractivity contribution in [2.24, 2.45) is 0 Å². The van der Waals surface area contributed by atoms with E-state index in [9.17, 15) is 24.9 Å². The van der Waals surface area contributed by atoms with Gasteiger partial charge in [0.2, 0.25) is 0 Å². The first-order valence-corrected chi connectivity index (χ1v) is 7.86. The van der Waals surface area contributed by atoms with E-state index in [2.05, 4.69) is 0 Å². The number of rotatable bonds is 4. The zero-order chi connectivity index (χ0) is 18.8. The molecule has 0 aliphatic carbocycles. The fourth-order valence-electron chi connectivity index (χ4n) is 2.65. The molecule has 26 heavy (non-hydrogen) atoms. The molecule has 0 aliphatic heterocycles. The SMILES string of the molecule is CCOC(=O)Cc1cc(O)ccc1-c1cc(=O)c2cc(O)c(O)cc2o1. The van der Waals surface area contributed by atoms with Gasteiger partial charge in [0.1, 0.15) is 17.1 Å². The average molecular weight is 356 g/mol. The predicted octanol–water partition coefficient (Wildman–Crippen LogP) is 2.68. The highest BCUT2D eigenvalue weighted by Gasteiger charge is 2.16. The summed E-state index contributed by atoms with van der Waals surface area (Å²) in [5, 5.41) is 29.0. The minimum absolute atomic E-state index is 0.0428. The maximum atomic E-state index is 12.3. The van der Waals surface area contributed by atoms with Crippen LogP contribution >= 0.6 is 0 Å². The molecule has 3 N–H and O–H groups in total. The van der Waals surface area contributed by atoms with Gasteiger partial charge in [0.05, 0.1) is 18.4 Å². The molecule has 0 atom stereocenters. The normalized spacial score (nSPS) is 10.8. The molecule has 0 amide bonds. The minimum atomic E-state index is -0.481. The van der Waals surface area contributed by atoms with Crippen LogP contribution in [0.3, 0.4) is 0 Å². The Hall–Kier alpha value is -3.48. The molecule has 3 rings (SSSR count). The summed E-state index contributed by atoms with van der Waals surface area (Å²) in [6.07, 6.45) is -0.111. The second kappa shape index (κ2) is 6.79. The number of hydrogen-bond donors (Lipinski definition) is 3. The Kier molecular flexibility index (Phi) is 4.53. The molecule has 0 spiro atoms. The molecule has 0 fully saturated rings. The Morgan fingerprint density at radius 2 is 1.81 bits per heavy atom.